The second-order valence-electron chi connectivity index (χ2n) is 5.37. The summed E-state index contributed by atoms with van der Waals surface area (Å²) in [5.41, 5.74) is 0.437. The molecule has 0 fully saturated rings. The minimum absolute atomic E-state index is 0.0655. The van der Waals surface area contributed by atoms with Gasteiger partial charge >= 0.3 is 5.97 Å². The van der Waals surface area contributed by atoms with Crippen LogP contribution in [-0.4, -0.2) is 37.8 Å². The zero-order chi connectivity index (χ0) is 17.1. The Bertz CT molecular complexity index is 742. The third-order valence-corrected chi connectivity index (χ3v) is 3.12. The van der Waals surface area contributed by atoms with Crippen LogP contribution >= 0.6 is 0 Å². The fraction of sp³-hybridized carbons (Fsp3) is 0.333. The molecule has 8 heteroatoms. The van der Waals surface area contributed by atoms with E-state index in [1.807, 2.05) is 13.8 Å². The van der Waals surface area contributed by atoms with Crippen molar-refractivity contribution in [3.8, 4) is 5.69 Å². The maximum absolute atomic E-state index is 13.4. The maximum atomic E-state index is 13.4. The van der Waals surface area contributed by atoms with Crippen LogP contribution < -0.4 is 5.32 Å². The lowest BCUT2D eigenvalue weighted by Gasteiger charge is -2.07. The number of carboxylic acid groups (broad SMARTS) is 1. The lowest BCUT2D eigenvalue weighted by molar-refractivity contribution is -0.138. The number of amides is 1. The topological polar surface area (TPSA) is 97.1 Å². The lowest BCUT2D eigenvalue weighted by atomic mass is 10.2. The smallest absolute Gasteiger partial charge is 0.325 e. The van der Waals surface area contributed by atoms with Crippen LogP contribution in [0, 0.1) is 5.82 Å². The third kappa shape index (κ3) is 3.71. The molecular weight excluding hydrogens is 303 g/mol. The summed E-state index contributed by atoms with van der Waals surface area (Å²) in [4.78, 5) is 27.0. The molecule has 1 aromatic carbocycles. The summed E-state index contributed by atoms with van der Waals surface area (Å²) in [6.07, 6.45) is 0. The van der Waals surface area contributed by atoms with Gasteiger partial charge in [-0.1, -0.05) is 19.9 Å². The molecule has 0 bridgehead atoms. The van der Waals surface area contributed by atoms with Gasteiger partial charge in [-0.05, 0) is 25.1 Å². The van der Waals surface area contributed by atoms with Crippen LogP contribution in [0.2, 0.25) is 0 Å². The normalized spacial score (nSPS) is 12.2. The summed E-state index contributed by atoms with van der Waals surface area (Å²) >= 11 is 0. The summed E-state index contributed by atoms with van der Waals surface area (Å²) in [5.74, 6) is -2.04. The van der Waals surface area contributed by atoms with E-state index in [4.69, 9.17) is 5.11 Å². The number of hydrogen-bond acceptors (Lipinski definition) is 4. The van der Waals surface area contributed by atoms with Crippen LogP contribution in [0.1, 0.15) is 43.1 Å². The van der Waals surface area contributed by atoms with E-state index < -0.39 is 23.7 Å². The Morgan fingerprint density at radius 1 is 1.30 bits per heavy atom. The summed E-state index contributed by atoms with van der Waals surface area (Å²) in [6, 6.07) is 4.69. The Kier molecular flexibility index (Phi) is 4.73. The highest BCUT2D eigenvalue weighted by atomic mass is 19.1. The number of nitrogens with zero attached hydrogens (tertiary/aromatic N) is 3. The molecule has 2 rings (SSSR count). The average molecular weight is 320 g/mol. The van der Waals surface area contributed by atoms with E-state index in [0.29, 0.717) is 11.5 Å². The number of benzene rings is 1. The third-order valence-electron chi connectivity index (χ3n) is 3.12. The molecule has 1 unspecified atom stereocenters. The van der Waals surface area contributed by atoms with Crippen molar-refractivity contribution >= 4 is 11.9 Å². The van der Waals surface area contributed by atoms with Crippen LogP contribution in [0.3, 0.4) is 0 Å². The molecule has 0 saturated heterocycles. The Morgan fingerprint density at radius 3 is 2.57 bits per heavy atom. The van der Waals surface area contributed by atoms with E-state index in [1.165, 1.54) is 29.8 Å². The average Bonchev–Trinajstić information content (AvgIpc) is 2.92. The molecule has 1 aromatic heterocycles. The molecule has 7 nitrogen and oxygen atoms in total. The largest absolute Gasteiger partial charge is 0.480 e. The molecule has 0 radical (unpaired) electrons. The highest BCUT2D eigenvalue weighted by Crippen LogP contribution is 2.18. The molecule has 0 aliphatic carbocycles. The standard InChI is InChI=1S/C15H17FN4O3/c1-8(2)13-18-12(14(21)17-9(3)15(22)23)19-20(13)11-6-4-5-10(16)7-11/h4-9H,1-3H3,(H,17,21)(H,22,23). The van der Waals surface area contributed by atoms with Crippen molar-refractivity contribution in [1.29, 1.82) is 0 Å². The van der Waals surface area contributed by atoms with Crippen molar-refractivity contribution in [2.75, 3.05) is 0 Å². The van der Waals surface area contributed by atoms with Gasteiger partial charge in [0.25, 0.3) is 5.91 Å². The van der Waals surface area contributed by atoms with E-state index in [9.17, 15) is 14.0 Å². The number of halogens is 1. The van der Waals surface area contributed by atoms with Gasteiger partial charge in [-0.15, -0.1) is 5.10 Å². The minimum Gasteiger partial charge on any atom is -0.480 e. The van der Waals surface area contributed by atoms with Crippen molar-refractivity contribution in [2.45, 2.75) is 32.7 Å². The van der Waals surface area contributed by atoms with E-state index >= 15 is 0 Å². The van der Waals surface area contributed by atoms with Crippen molar-refractivity contribution in [1.82, 2.24) is 20.1 Å². The first-order valence-corrected chi connectivity index (χ1v) is 7.06. The zero-order valence-electron chi connectivity index (χ0n) is 12.9. The number of carbonyl (C=O) groups is 2. The van der Waals surface area contributed by atoms with E-state index in [2.05, 4.69) is 15.4 Å². The van der Waals surface area contributed by atoms with E-state index in [1.54, 1.807) is 6.07 Å². The van der Waals surface area contributed by atoms with Gasteiger partial charge in [0.15, 0.2) is 0 Å². The van der Waals surface area contributed by atoms with Gasteiger partial charge in [-0.3, -0.25) is 9.59 Å². The molecule has 2 N–H and O–H groups in total. The zero-order valence-corrected chi connectivity index (χ0v) is 12.9. The number of aromatic nitrogens is 3. The van der Waals surface area contributed by atoms with Gasteiger partial charge in [-0.25, -0.2) is 14.1 Å². The number of carboxylic acids is 1. The molecule has 1 heterocycles. The predicted molar refractivity (Wildman–Crippen MR) is 80.0 cm³/mol. The number of carbonyl (C=O) groups excluding carboxylic acids is 1. The van der Waals surface area contributed by atoms with Crippen LogP contribution in [-0.2, 0) is 4.79 Å². The molecule has 0 aliphatic heterocycles. The van der Waals surface area contributed by atoms with Crippen LogP contribution in [0.25, 0.3) is 5.69 Å². The van der Waals surface area contributed by atoms with Gasteiger partial charge in [-0.2, -0.15) is 0 Å². The SMILES string of the molecule is CC(NC(=O)c1nc(C(C)C)n(-c2cccc(F)c2)n1)C(=O)O. The van der Waals surface area contributed by atoms with Crippen LogP contribution in [0.15, 0.2) is 24.3 Å². The Hall–Kier alpha value is -2.77. The first-order chi connectivity index (χ1) is 10.8. The first-order valence-electron chi connectivity index (χ1n) is 7.06. The minimum atomic E-state index is -1.16. The predicted octanol–water partition coefficient (Wildman–Crippen LogP) is 1.73. The summed E-state index contributed by atoms with van der Waals surface area (Å²) in [5, 5.41) is 15.2. The molecule has 0 spiro atoms. The Balaban J connectivity index is 2.39. The van der Waals surface area contributed by atoms with Crippen LogP contribution in [0.4, 0.5) is 4.39 Å². The van der Waals surface area contributed by atoms with Crippen molar-refractivity contribution in [2.24, 2.45) is 0 Å². The van der Waals surface area contributed by atoms with Crippen molar-refractivity contribution in [3.63, 3.8) is 0 Å². The first kappa shape index (κ1) is 16.6. The lowest BCUT2D eigenvalue weighted by Crippen LogP contribution is -2.38. The Labute approximate surface area is 132 Å². The van der Waals surface area contributed by atoms with Gasteiger partial charge in [0.1, 0.15) is 17.7 Å². The van der Waals surface area contributed by atoms with Crippen LogP contribution in [0.5, 0.6) is 0 Å². The number of hydrogen-bond donors (Lipinski definition) is 2. The monoisotopic (exact) mass is 320 g/mol. The Morgan fingerprint density at radius 2 is 2.00 bits per heavy atom. The highest BCUT2D eigenvalue weighted by molar-refractivity contribution is 5.93. The fourth-order valence-corrected chi connectivity index (χ4v) is 1.91. The van der Waals surface area contributed by atoms with Gasteiger partial charge < -0.3 is 10.4 Å². The van der Waals surface area contributed by atoms with Gasteiger partial charge in [0.2, 0.25) is 5.82 Å². The number of aliphatic carboxylic acids is 1. The quantitative estimate of drug-likeness (QED) is 0.874. The van der Waals surface area contributed by atoms with E-state index in [-0.39, 0.29) is 11.7 Å². The molecule has 0 aliphatic rings. The van der Waals surface area contributed by atoms with Crippen molar-refractivity contribution < 1.29 is 19.1 Å². The molecule has 1 amide bonds. The summed E-state index contributed by atoms with van der Waals surface area (Å²) in [6.45, 7) is 5.07. The number of rotatable bonds is 5. The summed E-state index contributed by atoms with van der Waals surface area (Å²) in [7, 11) is 0. The molecule has 2 aromatic rings. The summed E-state index contributed by atoms with van der Waals surface area (Å²) < 4.78 is 14.8. The second kappa shape index (κ2) is 6.55. The maximum Gasteiger partial charge on any atom is 0.325 e. The van der Waals surface area contributed by atoms with Crippen molar-refractivity contribution in [3.05, 3.63) is 41.7 Å². The molecule has 122 valence electrons. The fourth-order valence-electron chi connectivity index (χ4n) is 1.91. The molecule has 1 atom stereocenters. The number of nitrogens with one attached hydrogen (secondary N) is 1. The highest BCUT2D eigenvalue weighted by Gasteiger charge is 2.22. The van der Waals surface area contributed by atoms with E-state index in [0.717, 1.165) is 0 Å². The second-order valence-corrected chi connectivity index (χ2v) is 5.37. The van der Waals surface area contributed by atoms with Gasteiger partial charge in [0.05, 0.1) is 5.69 Å². The van der Waals surface area contributed by atoms with Gasteiger partial charge in [0, 0.05) is 5.92 Å². The molecule has 23 heavy (non-hydrogen) atoms. The molecular formula is C15H17FN4O3. The molecule has 0 saturated carbocycles.